The van der Waals surface area contributed by atoms with E-state index < -0.39 is 12.3 Å². The Bertz CT molecular complexity index is 278. The van der Waals surface area contributed by atoms with Gasteiger partial charge < -0.3 is 9.47 Å². The van der Waals surface area contributed by atoms with Crippen molar-refractivity contribution in [2.45, 2.75) is 33.5 Å². The molecule has 0 amide bonds. The minimum absolute atomic E-state index is 0.00451. The van der Waals surface area contributed by atoms with Crippen LogP contribution in [0.1, 0.15) is 27.2 Å². The lowest BCUT2D eigenvalue weighted by atomic mass is 10.4. The average Bonchev–Trinajstić information content (AvgIpc) is 2.16. The van der Waals surface area contributed by atoms with E-state index >= 15 is 0 Å². The zero-order valence-corrected chi connectivity index (χ0v) is 9.28. The molecule has 0 aromatic heterocycles. The molecular weight excluding hydrogens is 196 g/mol. The molecule has 0 heterocycles. The molecule has 0 aliphatic carbocycles. The molecule has 0 bridgehead atoms. The fourth-order valence-corrected chi connectivity index (χ4v) is 0.737. The number of esters is 1. The maximum atomic E-state index is 11.1. The Kier molecular flexibility index (Phi) is 6.09. The second-order valence-corrected chi connectivity index (χ2v) is 2.87. The molecule has 1 atom stereocenters. The molecule has 15 heavy (non-hydrogen) atoms. The fraction of sp³-hybridized carbons (Fsp3) is 0.455. The molecule has 1 unspecified atom stereocenters. The van der Waals surface area contributed by atoms with Crippen LogP contribution in [0.4, 0.5) is 0 Å². The van der Waals surface area contributed by atoms with Gasteiger partial charge in [0.25, 0.3) is 0 Å². The first kappa shape index (κ1) is 13.4. The number of ketones is 1. The number of hydrogen-bond donors (Lipinski definition) is 0. The number of hydrogen-bond acceptors (Lipinski definition) is 4. The maximum absolute atomic E-state index is 11.1. The van der Waals surface area contributed by atoms with Crippen LogP contribution in [0.3, 0.4) is 0 Å². The normalized spacial score (nSPS) is 12.2. The van der Waals surface area contributed by atoms with Gasteiger partial charge in [0.2, 0.25) is 6.29 Å². The molecule has 0 fully saturated rings. The van der Waals surface area contributed by atoms with E-state index in [0.29, 0.717) is 6.42 Å². The van der Waals surface area contributed by atoms with Crippen molar-refractivity contribution in [2.24, 2.45) is 0 Å². The number of carbonyl (C=O) groups excluding carboxylic acids is 2. The van der Waals surface area contributed by atoms with Crippen LogP contribution in [0.2, 0.25) is 0 Å². The fourth-order valence-electron chi connectivity index (χ4n) is 0.737. The molecule has 4 heteroatoms. The van der Waals surface area contributed by atoms with Crippen LogP contribution in [0.5, 0.6) is 0 Å². The molecule has 0 aliphatic rings. The van der Waals surface area contributed by atoms with Crippen LogP contribution < -0.4 is 0 Å². The Morgan fingerprint density at radius 1 is 1.40 bits per heavy atom. The predicted molar refractivity (Wildman–Crippen MR) is 55.9 cm³/mol. The van der Waals surface area contributed by atoms with E-state index in [0.717, 1.165) is 0 Å². The van der Waals surface area contributed by atoms with E-state index in [1.54, 1.807) is 19.9 Å². The van der Waals surface area contributed by atoms with E-state index in [2.05, 4.69) is 6.58 Å². The van der Waals surface area contributed by atoms with Crippen molar-refractivity contribution in [3.8, 4) is 0 Å². The number of rotatable bonds is 6. The smallest absolute Gasteiger partial charge is 0.333 e. The van der Waals surface area contributed by atoms with Gasteiger partial charge in [-0.05, 0) is 6.92 Å². The van der Waals surface area contributed by atoms with E-state index in [9.17, 15) is 9.59 Å². The lowest BCUT2D eigenvalue weighted by molar-refractivity contribution is -0.167. The Labute approximate surface area is 89.6 Å². The first-order chi connectivity index (χ1) is 7.01. The van der Waals surface area contributed by atoms with Crippen LogP contribution in [-0.2, 0) is 19.1 Å². The summed E-state index contributed by atoms with van der Waals surface area (Å²) in [7, 11) is 0. The van der Waals surface area contributed by atoms with Crippen LogP contribution in [0.25, 0.3) is 0 Å². The van der Waals surface area contributed by atoms with Gasteiger partial charge >= 0.3 is 5.97 Å². The summed E-state index contributed by atoms with van der Waals surface area (Å²) in [6.07, 6.45) is 2.54. The SMILES string of the molecule is C=C(OC(CC)OC(=O)C=CC)C(C)=O. The second-order valence-electron chi connectivity index (χ2n) is 2.87. The maximum Gasteiger partial charge on any atom is 0.333 e. The predicted octanol–water partition coefficient (Wildman–Crippen LogP) is 1.96. The van der Waals surface area contributed by atoms with Crippen molar-refractivity contribution in [2.75, 3.05) is 0 Å². The molecular formula is C11H16O4. The van der Waals surface area contributed by atoms with Gasteiger partial charge in [0.05, 0.1) is 0 Å². The van der Waals surface area contributed by atoms with Crippen molar-refractivity contribution in [3.63, 3.8) is 0 Å². The Balaban J connectivity index is 4.20. The van der Waals surface area contributed by atoms with Gasteiger partial charge in [0, 0.05) is 19.4 Å². The molecule has 0 saturated carbocycles. The zero-order chi connectivity index (χ0) is 11.8. The van der Waals surface area contributed by atoms with Crippen molar-refractivity contribution in [1.82, 2.24) is 0 Å². The van der Waals surface area contributed by atoms with E-state index in [1.807, 2.05) is 0 Å². The van der Waals surface area contributed by atoms with Gasteiger partial charge in [-0.2, -0.15) is 0 Å². The van der Waals surface area contributed by atoms with Gasteiger partial charge in [0.15, 0.2) is 11.5 Å². The summed E-state index contributed by atoms with van der Waals surface area (Å²) in [6.45, 7) is 8.23. The molecule has 0 spiro atoms. The molecule has 0 saturated heterocycles. The number of Topliss-reactive ketones (excluding diaryl/α,β-unsaturated/α-hetero) is 1. The van der Waals surface area contributed by atoms with Crippen LogP contribution in [0, 0.1) is 0 Å². The molecule has 0 N–H and O–H groups in total. The summed E-state index contributed by atoms with van der Waals surface area (Å²) < 4.78 is 9.96. The van der Waals surface area contributed by atoms with Crippen molar-refractivity contribution in [3.05, 3.63) is 24.5 Å². The van der Waals surface area contributed by atoms with Gasteiger partial charge in [-0.1, -0.05) is 19.6 Å². The van der Waals surface area contributed by atoms with Gasteiger partial charge in [-0.3, -0.25) is 4.79 Å². The van der Waals surface area contributed by atoms with E-state index in [-0.39, 0.29) is 11.5 Å². The molecule has 4 nitrogen and oxygen atoms in total. The molecule has 0 radical (unpaired) electrons. The Hall–Kier alpha value is -1.58. The van der Waals surface area contributed by atoms with Crippen molar-refractivity contribution >= 4 is 11.8 Å². The average molecular weight is 212 g/mol. The molecule has 0 aromatic carbocycles. The van der Waals surface area contributed by atoms with Gasteiger partial charge in [-0.15, -0.1) is 0 Å². The lowest BCUT2D eigenvalue weighted by Crippen LogP contribution is -2.20. The monoisotopic (exact) mass is 212 g/mol. The quantitative estimate of drug-likeness (QED) is 0.292. The highest BCUT2D eigenvalue weighted by molar-refractivity contribution is 5.90. The first-order valence-corrected chi connectivity index (χ1v) is 4.71. The molecule has 0 aromatic rings. The summed E-state index contributed by atoms with van der Waals surface area (Å²) >= 11 is 0. The van der Waals surface area contributed by atoms with Crippen LogP contribution >= 0.6 is 0 Å². The number of carbonyl (C=O) groups is 2. The molecule has 84 valence electrons. The highest BCUT2D eigenvalue weighted by atomic mass is 16.7. The molecule has 0 aliphatic heterocycles. The third-order valence-electron chi connectivity index (χ3n) is 1.55. The summed E-state index contributed by atoms with van der Waals surface area (Å²) in [5.74, 6) is -0.786. The molecule has 0 rings (SSSR count). The van der Waals surface area contributed by atoms with Crippen molar-refractivity contribution < 1.29 is 19.1 Å². The summed E-state index contributed by atoms with van der Waals surface area (Å²) in [6, 6.07) is 0. The van der Waals surface area contributed by atoms with Gasteiger partial charge in [-0.25, -0.2) is 4.79 Å². The summed E-state index contributed by atoms with van der Waals surface area (Å²) in [5, 5.41) is 0. The van der Waals surface area contributed by atoms with Gasteiger partial charge in [0.1, 0.15) is 0 Å². The zero-order valence-electron chi connectivity index (χ0n) is 9.28. The standard InChI is InChI=1S/C11H16O4/c1-5-7-10(13)15-11(6-2)14-9(4)8(3)12/h5,7,11H,4,6H2,1-3H3. The van der Waals surface area contributed by atoms with Crippen molar-refractivity contribution in [1.29, 1.82) is 0 Å². The minimum atomic E-state index is -0.759. The second kappa shape index (κ2) is 6.81. The largest absolute Gasteiger partial charge is 0.452 e. The topological polar surface area (TPSA) is 52.6 Å². The summed E-state index contributed by atoms with van der Waals surface area (Å²) in [5.41, 5.74) is 0. The van der Waals surface area contributed by atoms with Crippen LogP contribution in [0.15, 0.2) is 24.5 Å². The third kappa shape index (κ3) is 5.67. The van der Waals surface area contributed by atoms with E-state index in [1.165, 1.54) is 13.0 Å². The Morgan fingerprint density at radius 3 is 2.40 bits per heavy atom. The highest BCUT2D eigenvalue weighted by Gasteiger charge is 2.14. The highest BCUT2D eigenvalue weighted by Crippen LogP contribution is 2.07. The third-order valence-corrected chi connectivity index (χ3v) is 1.55. The van der Waals surface area contributed by atoms with Crippen LogP contribution in [-0.4, -0.2) is 18.0 Å². The summed E-state index contributed by atoms with van der Waals surface area (Å²) in [4.78, 5) is 21.9. The minimum Gasteiger partial charge on any atom is -0.452 e. The first-order valence-electron chi connectivity index (χ1n) is 4.71. The lowest BCUT2D eigenvalue weighted by Gasteiger charge is -2.17. The van der Waals surface area contributed by atoms with E-state index in [4.69, 9.17) is 9.47 Å². The number of allylic oxidation sites excluding steroid dienone is 2. The number of ether oxygens (including phenoxy) is 2. The Morgan fingerprint density at radius 2 is 2.00 bits per heavy atom.